The minimum Gasteiger partial charge on any atom is -0.367 e. The Hall–Kier alpha value is -2.09. The zero-order chi connectivity index (χ0) is 21.8. The van der Waals surface area contributed by atoms with E-state index in [0.29, 0.717) is 31.2 Å². The van der Waals surface area contributed by atoms with E-state index in [4.69, 9.17) is 11.6 Å². The average molecular weight is 462 g/mol. The molecule has 1 aliphatic heterocycles. The molecule has 0 bridgehead atoms. The maximum atomic E-state index is 12.7. The van der Waals surface area contributed by atoms with Gasteiger partial charge >= 0.3 is 0 Å². The van der Waals surface area contributed by atoms with Crippen LogP contribution in [0.1, 0.15) is 30.4 Å². The predicted octanol–water partition coefficient (Wildman–Crippen LogP) is 3.24. The van der Waals surface area contributed by atoms with Gasteiger partial charge in [-0.15, -0.1) is 0 Å². The van der Waals surface area contributed by atoms with Gasteiger partial charge in [0, 0.05) is 39.1 Å². The number of nitrogens with zero attached hydrogens (tertiary/aromatic N) is 2. The molecule has 1 fully saturated rings. The number of anilines is 1. The topological polar surface area (TPSA) is 69.7 Å². The van der Waals surface area contributed by atoms with Crippen LogP contribution in [0.5, 0.6) is 0 Å². The summed E-state index contributed by atoms with van der Waals surface area (Å²) >= 11 is 6.27. The summed E-state index contributed by atoms with van der Waals surface area (Å²) in [6, 6.07) is 13.1. The second kappa shape index (κ2) is 9.59. The third-order valence-corrected chi connectivity index (χ3v) is 7.87. The molecule has 1 heterocycles. The number of fused-ring (bicyclic) bond motifs is 1. The first-order valence-electron chi connectivity index (χ1n) is 10.8. The van der Waals surface area contributed by atoms with Crippen LogP contribution < -0.4 is 9.62 Å². The van der Waals surface area contributed by atoms with Crippen molar-refractivity contribution in [3.05, 3.63) is 58.6 Å². The Morgan fingerprint density at radius 2 is 1.68 bits per heavy atom. The normalized spacial score (nSPS) is 16.8. The van der Waals surface area contributed by atoms with Crippen molar-refractivity contribution < 1.29 is 13.2 Å². The molecule has 6 nitrogen and oxygen atoms in total. The molecular formula is C23H28ClN3O3S. The second-order valence-corrected chi connectivity index (χ2v) is 10.3. The highest BCUT2D eigenvalue weighted by molar-refractivity contribution is 7.89. The molecule has 0 radical (unpaired) electrons. The Balaban J connectivity index is 1.27. The highest BCUT2D eigenvalue weighted by atomic mass is 35.5. The molecule has 0 saturated carbocycles. The van der Waals surface area contributed by atoms with Gasteiger partial charge < -0.3 is 9.80 Å². The third kappa shape index (κ3) is 5.22. The number of hydrogen-bond donors (Lipinski definition) is 1. The Kier molecular flexibility index (Phi) is 6.84. The van der Waals surface area contributed by atoms with Crippen molar-refractivity contribution in [3.63, 3.8) is 0 Å². The fraction of sp³-hybridized carbons (Fsp3) is 0.435. The van der Waals surface area contributed by atoms with Crippen molar-refractivity contribution in [3.8, 4) is 0 Å². The first kappa shape index (κ1) is 22.1. The fourth-order valence-corrected chi connectivity index (χ4v) is 5.65. The van der Waals surface area contributed by atoms with E-state index < -0.39 is 10.0 Å². The molecule has 31 heavy (non-hydrogen) atoms. The minimum absolute atomic E-state index is 0.0352. The van der Waals surface area contributed by atoms with Crippen molar-refractivity contribution in [2.45, 2.75) is 37.0 Å². The van der Waals surface area contributed by atoms with E-state index in [-0.39, 0.29) is 23.8 Å². The van der Waals surface area contributed by atoms with Gasteiger partial charge in [0.2, 0.25) is 15.9 Å². The number of halogens is 1. The maximum absolute atomic E-state index is 12.7. The van der Waals surface area contributed by atoms with Crippen molar-refractivity contribution in [1.82, 2.24) is 9.62 Å². The lowest BCUT2D eigenvalue weighted by Gasteiger charge is -2.36. The van der Waals surface area contributed by atoms with Crippen LogP contribution >= 0.6 is 11.6 Å². The van der Waals surface area contributed by atoms with Crippen LogP contribution in [-0.4, -0.2) is 51.9 Å². The van der Waals surface area contributed by atoms with Gasteiger partial charge in [-0.2, -0.15) is 0 Å². The van der Waals surface area contributed by atoms with Gasteiger partial charge in [-0.05, 0) is 61.1 Å². The number of sulfonamides is 1. The van der Waals surface area contributed by atoms with Crippen LogP contribution in [0.15, 0.2) is 47.4 Å². The lowest BCUT2D eigenvalue weighted by atomic mass is 9.92. The molecule has 1 N–H and O–H groups in total. The molecule has 2 aromatic rings. The number of carbonyl (C=O) groups is 1. The van der Waals surface area contributed by atoms with Gasteiger partial charge in [-0.1, -0.05) is 29.8 Å². The monoisotopic (exact) mass is 461 g/mol. The van der Waals surface area contributed by atoms with Crippen LogP contribution in [-0.2, 0) is 27.7 Å². The molecule has 2 aliphatic rings. The van der Waals surface area contributed by atoms with E-state index in [2.05, 4.69) is 9.62 Å². The fourth-order valence-electron chi connectivity index (χ4n) is 4.32. The zero-order valence-corrected chi connectivity index (χ0v) is 19.1. The van der Waals surface area contributed by atoms with E-state index in [1.807, 2.05) is 30.3 Å². The maximum Gasteiger partial charge on any atom is 0.240 e. The molecule has 8 heteroatoms. The summed E-state index contributed by atoms with van der Waals surface area (Å²) < 4.78 is 27.9. The van der Waals surface area contributed by atoms with Crippen molar-refractivity contribution in [2.75, 3.05) is 37.6 Å². The van der Waals surface area contributed by atoms with Crippen LogP contribution in [0.2, 0.25) is 5.02 Å². The molecule has 1 aliphatic carbocycles. The van der Waals surface area contributed by atoms with Crippen molar-refractivity contribution in [1.29, 1.82) is 0 Å². The number of piperazine rings is 1. The number of rotatable bonds is 6. The van der Waals surface area contributed by atoms with E-state index in [9.17, 15) is 13.2 Å². The minimum atomic E-state index is -3.61. The Bertz CT molecular complexity index is 1050. The number of carbonyl (C=O) groups excluding carboxylic acids is 1. The number of para-hydroxylation sites is 1. The summed E-state index contributed by atoms with van der Waals surface area (Å²) in [7, 11) is -3.61. The Morgan fingerprint density at radius 1 is 0.968 bits per heavy atom. The Morgan fingerprint density at radius 3 is 2.42 bits per heavy atom. The van der Waals surface area contributed by atoms with E-state index in [1.54, 1.807) is 17.0 Å². The first-order valence-corrected chi connectivity index (χ1v) is 12.7. The summed E-state index contributed by atoms with van der Waals surface area (Å²) in [5, 5.41) is 0.707. The molecule has 0 aromatic heterocycles. The molecule has 2 aromatic carbocycles. The smallest absolute Gasteiger partial charge is 0.240 e. The summed E-state index contributed by atoms with van der Waals surface area (Å²) in [4.78, 5) is 16.8. The summed E-state index contributed by atoms with van der Waals surface area (Å²) in [5.41, 5.74) is 3.35. The van der Waals surface area contributed by atoms with E-state index >= 15 is 0 Å². The second-order valence-electron chi connectivity index (χ2n) is 8.10. The number of nitrogens with one attached hydrogen (secondary N) is 1. The molecule has 0 atom stereocenters. The number of amides is 1. The first-order chi connectivity index (χ1) is 14.9. The standard InChI is InChI=1S/C23H28ClN3O3S/c24-21-7-3-4-8-22(21)26-13-15-27(16-14-26)23(28)11-12-25-31(29,30)20-10-9-18-5-1-2-6-19(18)17-20/h3-4,7-10,17,25H,1-2,5-6,11-16H2. The number of hydrogen-bond acceptors (Lipinski definition) is 4. The lowest BCUT2D eigenvalue weighted by Crippen LogP contribution is -2.49. The average Bonchev–Trinajstić information content (AvgIpc) is 2.79. The van der Waals surface area contributed by atoms with Gasteiger partial charge in [0.15, 0.2) is 0 Å². The van der Waals surface area contributed by atoms with E-state index in [1.165, 1.54) is 5.56 Å². The number of benzene rings is 2. The van der Waals surface area contributed by atoms with Gasteiger partial charge in [-0.3, -0.25) is 4.79 Å². The summed E-state index contributed by atoms with van der Waals surface area (Å²) in [5.74, 6) is -0.0352. The van der Waals surface area contributed by atoms with Crippen LogP contribution in [0.25, 0.3) is 0 Å². The van der Waals surface area contributed by atoms with Crippen molar-refractivity contribution in [2.24, 2.45) is 0 Å². The van der Waals surface area contributed by atoms with Gasteiger partial charge in [0.25, 0.3) is 0 Å². The molecule has 1 saturated heterocycles. The molecule has 166 valence electrons. The van der Waals surface area contributed by atoms with Crippen LogP contribution in [0, 0.1) is 0 Å². The molecule has 0 spiro atoms. The molecule has 4 rings (SSSR count). The molecular weight excluding hydrogens is 434 g/mol. The predicted molar refractivity (Wildman–Crippen MR) is 123 cm³/mol. The van der Waals surface area contributed by atoms with E-state index in [0.717, 1.165) is 36.9 Å². The van der Waals surface area contributed by atoms with Crippen LogP contribution in [0.3, 0.4) is 0 Å². The highest BCUT2D eigenvalue weighted by Crippen LogP contribution is 2.26. The number of aryl methyl sites for hydroxylation is 2. The zero-order valence-electron chi connectivity index (χ0n) is 17.5. The molecule has 0 unspecified atom stereocenters. The Labute approximate surface area is 189 Å². The van der Waals surface area contributed by atoms with Gasteiger partial charge in [-0.25, -0.2) is 13.1 Å². The quantitative estimate of drug-likeness (QED) is 0.717. The largest absolute Gasteiger partial charge is 0.367 e. The third-order valence-electron chi connectivity index (χ3n) is 6.09. The van der Waals surface area contributed by atoms with Gasteiger partial charge in [0.1, 0.15) is 0 Å². The van der Waals surface area contributed by atoms with Gasteiger partial charge in [0.05, 0.1) is 15.6 Å². The van der Waals surface area contributed by atoms with Crippen LogP contribution in [0.4, 0.5) is 5.69 Å². The SMILES string of the molecule is O=C(CCNS(=O)(=O)c1ccc2c(c1)CCCC2)N1CCN(c2ccccc2Cl)CC1. The van der Waals surface area contributed by atoms with Crippen molar-refractivity contribution >= 4 is 33.2 Å². The summed E-state index contributed by atoms with van der Waals surface area (Å²) in [6.07, 6.45) is 4.35. The highest BCUT2D eigenvalue weighted by Gasteiger charge is 2.23. The molecule has 1 amide bonds. The summed E-state index contributed by atoms with van der Waals surface area (Å²) in [6.45, 7) is 2.71. The lowest BCUT2D eigenvalue weighted by molar-refractivity contribution is -0.131.